The van der Waals surface area contributed by atoms with Gasteiger partial charge in [0.15, 0.2) is 0 Å². The maximum absolute atomic E-state index is 11.5. The first-order chi connectivity index (χ1) is 7.65. The van der Waals surface area contributed by atoms with Gasteiger partial charge in [-0.25, -0.2) is 0 Å². The number of hydrogen-bond donors (Lipinski definition) is 1. The van der Waals surface area contributed by atoms with Gasteiger partial charge >= 0.3 is 0 Å². The molecule has 0 bridgehead atoms. The monoisotopic (exact) mass is 237 g/mol. The summed E-state index contributed by atoms with van der Waals surface area (Å²) < 4.78 is 5.12. The molecule has 0 aliphatic carbocycles. The molecule has 0 saturated heterocycles. The zero-order valence-corrected chi connectivity index (χ0v) is 9.17. The van der Waals surface area contributed by atoms with E-state index in [2.05, 4.69) is 4.98 Å². The van der Waals surface area contributed by atoms with Crippen LogP contribution in [0.1, 0.15) is 10.4 Å². The summed E-state index contributed by atoms with van der Waals surface area (Å²) >= 11 is 5.16. The van der Waals surface area contributed by atoms with Crippen LogP contribution in [0.15, 0.2) is 24.4 Å². The van der Waals surface area contributed by atoms with E-state index in [0.29, 0.717) is 16.7 Å². The molecule has 4 nitrogen and oxygen atoms in total. The molecule has 0 saturated carbocycles. The molecule has 1 aromatic heterocycles. The van der Waals surface area contributed by atoms with E-state index in [1.807, 2.05) is 0 Å². The predicted molar refractivity (Wildman–Crippen MR) is 60.0 cm³/mol. The van der Waals surface area contributed by atoms with Crippen molar-refractivity contribution < 1.29 is 14.3 Å². The largest absolute Gasteiger partial charge is 0.495 e. The normalized spacial score (nSPS) is 10.4. The summed E-state index contributed by atoms with van der Waals surface area (Å²) in [4.78, 5) is 25.2. The van der Waals surface area contributed by atoms with Crippen molar-refractivity contribution in [3.05, 3.63) is 30.0 Å². The van der Waals surface area contributed by atoms with Gasteiger partial charge in [0.25, 0.3) is 5.24 Å². The molecule has 0 fully saturated rings. The van der Waals surface area contributed by atoms with Gasteiger partial charge in [-0.2, -0.15) is 0 Å². The Morgan fingerprint density at radius 3 is 2.75 bits per heavy atom. The minimum Gasteiger partial charge on any atom is -0.495 e. The maximum atomic E-state index is 11.5. The summed E-state index contributed by atoms with van der Waals surface area (Å²) in [5, 5.41) is -0.373. The molecule has 0 amide bonds. The van der Waals surface area contributed by atoms with Crippen molar-refractivity contribution in [3.63, 3.8) is 0 Å². The molecule has 0 unspecified atom stereocenters. The Hall–Kier alpha value is -1.81. The molecule has 0 radical (unpaired) electrons. The highest BCUT2D eigenvalue weighted by Gasteiger charge is 2.18. The zero-order chi connectivity index (χ0) is 11.7. The Balaban J connectivity index is 2.66. The summed E-state index contributed by atoms with van der Waals surface area (Å²) in [6.07, 6.45) is 1.45. The van der Waals surface area contributed by atoms with Gasteiger partial charge in [0.1, 0.15) is 5.75 Å². The maximum Gasteiger partial charge on any atom is 0.293 e. The number of Topliss-reactive ketones (excluding diaryl/α,β-unsaturated/α-hetero) is 1. The summed E-state index contributed by atoms with van der Waals surface area (Å²) in [6, 6.07) is 5.22. The highest BCUT2D eigenvalue weighted by molar-refractivity contribution is 6.83. The van der Waals surface area contributed by atoms with Crippen molar-refractivity contribution in [1.82, 2.24) is 4.98 Å². The smallest absolute Gasteiger partial charge is 0.293 e. The number of H-pyrrole nitrogens is 1. The number of methoxy groups -OCH3 is 1. The number of hydrogen-bond acceptors (Lipinski definition) is 3. The van der Waals surface area contributed by atoms with E-state index in [1.165, 1.54) is 13.3 Å². The lowest BCUT2D eigenvalue weighted by Crippen LogP contribution is -2.06. The first-order valence-corrected chi connectivity index (χ1v) is 4.91. The third-order valence-corrected chi connectivity index (χ3v) is 2.49. The number of nitrogens with one attached hydrogen (secondary N) is 1. The van der Waals surface area contributed by atoms with Gasteiger partial charge in [0.05, 0.1) is 18.2 Å². The average Bonchev–Trinajstić information content (AvgIpc) is 2.71. The molecular weight excluding hydrogens is 230 g/mol. The van der Waals surface area contributed by atoms with E-state index < -0.39 is 11.0 Å². The number of ether oxygens (including phenoxy) is 1. The zero-order valence-electron chi connectivity index (χ0n) is 8.41. The summed E-state index contributed by atoms with van der Waals surface area (Å²) in [5.74, 6) is -0.111. The van der Waals surface area contributed by atoms with Gasteiger partial charge in [-0.15, -0.1) is 0 Å². The Bertz CT molecular complexity index is 574. The number of benzene rings is 1. The standard InChI is InChI=1S/C11H8ClNO3/c1-16-8-4-2-3-6-7(5-13-9(6)8)10(14)11(12)15/h2-5,13H,1H3. The van der Waals surface area contributed by atoms with E-state index in [-0.39, 0.29) is 5.56 Å². The average molecular weight is 238 g/mol. The van der Waals surface area contributed by atoms with Crippen LogP contribution in [0.3, 0.4) is 0 Å². The van der Waals surface area contributed by atoms with E-state index >= 15 is 0 Å². The first kappa shape index (κ1) is 10.7. The number of ketones is 1. The number of fused-ring (bicyclic) bond motifs is 1. The van der Waals surface area contributed by atoms with Gasteiger partial charge in [0.2, 0.25) is 5.78 Å². The number of rotatable bonds is 3. The topological polar surface area (TPSA) is 59.2 Å². The Morgan fingerprint density at radius 1 is 1.38 bits per heavy atom. The van der Waals surface area contributed by atoms with Crippen molar-refractivity contribution in [2.45, 2.75) is 0 Å². The molecule has 0 atom stereocenters. The predicted octanol–water partition coefficient (Wildman–Crippen LogP) is 2.12. The first-order valence-electron chi connectivity index (χ1n) is 4.53. The lowest BCUT2D eigenvalue weighted by Gasteiger charge is -2.00. The van der Waals surface area contributed by atoms with Crippen molar-refractivity contribution in [1.29, 1.82) is 0 Å². The molecule has 0 spiro atoms. The molecule has 2 rings (SSSR count). The lowest BCUT2D eigenvalue weighted by molar-refractivity contribution is -0.108. The molecule has 82 valence electrons. The second kappa shape index (κ2) is 3.98. The lowest BCUT2D eigenvalue weighted by atomic mass is 10.1. The minimum absolute atomic E-state index is 0.258. The second-order valence-corrected chi connectivity index (χ2v) is 3.53. The number of carbonyl (C=O) groups excluding carboxylic acids is 2. The Kier molecular flexibility index (Phi) is 2.66. The fourth-order valence-corrected chi connectivity index (χ4v) is 1.69. The van der Waals surface area contributed by atoms with Gasteiger partial charge in [-0.1, -0.05) is 12.1 Å². The number of halogens is 1. The van der Waals surface area contributed by atoms with Crippen molar-refractivity contribution >= 4 is 33.5 Å². The summed E-state index contributed by atoms with van der Waals surface area (Å²) in [5.41, 5.74) is 0.931. The molecule has 16 heavy (non-hydrogen) atoms. The third-order valence-electron chi connectivity index (χ3n) is 2.32. The van der Waals surface area contributed by atoms with Crippen LogP contribution in [0, 0.1) is 0 Å². The Labute approximate surface area is 96.2 Å². The number of para-hydroxylation sites is 1. The summed E-state index contributed by atoms with van der Waals surface area (Å²) in [6.45, 7) is 0. The molecule has 2 aromatic rings. The molecule has 1 heterocycles. The highest BCUT2D eigenvalue weighted by atomic mass is 35.5. The van der Waals surface area contributed by atoms with Crippen LogP contribution in [0.5, 0.6) is 5.75 Å². The van der Waals surface area contributed by atoms with E-state index in [1.54, 1.807) is 18.2 Å². The van der Waals surface area contributed by atoms with E-state index in [4.69, 9.17) is 16.3 Å². The number of aromatic nitrogens is 1. The summed E-state index contributed by atoms with van der Waals surface area (Å²) in [7, 11) is 1.53. The van der Waals surface area contributed by atoms with Gasteiger partial charge in [0, 0.05) is 11.6 Å². The molecule has 1 N–H and O–H groups in total. The van der Waals surface area contributed by atoms with Crippen LogP contribution in [0.4, 0.5) is 0 Å². The Morgan fingerprint density at radius 2 is 2.12 bits per heavy atom. The van der Waals surface area contributed by atoms with Crippen LogP contribution in [0.2, 0.25) is 0 Å². The van der Waals surface area contributed by atoms with Crippen LogP contribution >= 0.6 is 11.6 Å². The van der Waals surface area contributed by atoms with Crippen molar-refractivity contribution in [2.75, 3.05) is 7.11 Å². The SMILES string of the molecule is COc1cccc2c(C(=O)C(=O)Cl)c[nH]c12. The molecule has 5 heteroatoms. The fraction of sp³-hybridized carbons (Fsp3) is 0.0909. The number of aromatic amines is 1. The van der Waals surface area contributed by atoms with Crippen molar-refractivity contribution in [3.8, 4) is 5.75 Å². The second-order valence-electron chi connectivity index (χ2n) is 3.19. The molecule has 1 aromatic carbocycles. The molecule has 0 aliphatic heterocycles. The molecule has 0 aliphatic rings. The van der Waals surface area contributed by atoms with E-state index in [0.717, 1.165) is 0 Å². The van der Waals surface area contributed by atoms with Gasteiger partial charge in [-0.05, 0) is 17.7 Å². The highest BCUT2D eigenvalue weighted by Crippen LogP contribution is 2.27. The fourth-order valence-electron chi connectivity index (χ4n) is 1.59. The number of carbonyl (C=O) groups is 2. The quantitative estimate of drug-likeness (QED) is 0.505. The third kappa shape index (κ3) is 1.57. The van der Waals surface area contributed by atoms with E-state index in [9.17, 15) is 9.59 Å². The minimum atomic E-state index is -0.997. The van der Waals surface area contributed by atoms with Crippen LogP contribution in [0.25, 0.3) is 10.9 Å². The van der Waals surface area contributed by atoms with Gasteiger partial charge in [-0.3, -0.25) is 9.59 Å². The van der Waals surface area contributed by atoms with Crippen LogP contribution < -0.4 is 4.74 Å². The molecular formula is C11H8ClNO3. The van der Waals surface area contributed by atoms with Crippen LogP contribution in [-0.4, -0.2) is 23.1 Å². The van der Waals surface area contributed by atoms with Gasteiger partial charge < -0.3 is 9.72 Å². The van der Waals surface area contributed by atoms with Crippen LogP contribution in [-0.2, 0) is 4.79 Å². The van der Waals surface area contributed by atoms with Crippen molar-refractivity contribution in [2.24, 2.45) is 0 Å².